The van der Waals surface area contributed by atoms with Gasteiger partial charge in [0.25, 0.3) is 0 Å². The van der Waals surface area contributed by atoms with E-state index in [0.29, 0.717) is 0 Å². The largest absolute Gasteiger partial charge is 0.493 e. The van der Waals surface area contributed by atoms with Gasteiger partial charge in [-0.2, -0.15) is 0 Å². The van der Waals surface area contributed by atoms with E-state index in [1.54, 1.807) is 20.5 Å². The summed E-state index contributed by atoms with van der Waals surface area (Å²) in [4.78, 5) is 11.4. The Balaban J connectivity index is 1.79. The molecule has 0 spiro atoms. The van der Waals surface area contributed by atoms with Crippen LogP contribution in [0.3, 0.4) is 0 Å². The van der Waals surface area contributed by atoms with E-state index in [2.05, 4.69) is 33.1 Å². The number of hydrogen-bond donors (Lipinski definition) is 0. The molecule has 2 aromatic carbocycles. The molecule has 1 fully saturated rings. The molecule has 2 heterocycles. The molecule has 3 aromatic rings. The highest BCUT2D eigenvalue weighted by molar-refractivity contribution is 5.93. The standard InChI is InChI=1S/C21H23N3O2/c1-25-19-9-7-16(13-20(19)26-2)15-6-8-18-17(12-15)21(23-14-22-18)24-10-4-3-5-11-24/h6-9,12-14H,3-5,10-11H2,1-2H3. The lowest BCUT2D eigenvalue weighted by Crippen LogP contribution is -2.30. The molecule has 4 rings (SSSR count). The summed E-state index contributed by atoms with van der Waals surface area (Å²) in [5, 5.41) is 1.10. The molecule has 0 bridgehead atoms. The molecule has 0 aliphatic carbocycles. The van der Waals surface area contributed by atoms with Gasteiger partial charge in [0.15, 0.2) is 11.5 Å². The van der Waals surface area contributed by atoms with Crippen molar-refractivity contribution in [2.75, 3.05) is 32.2 Å². The van der Waals surface area contributed by atoms with Crippen molar-refractivity contribution in [3.63, 3.8) is 0 Å². The van der Waals surface area contributed by atoms with E-state index < -0.39 is 0 Å². The van der Waals surface area contributed by atoms with Gasteiger partial charge in [-0.15, -0.1) is 0 Å². The van der Waals surface area contributed by atoms with E-state index in [4.69, 9.17) is 9.47 Å². The molecule has 0 radical (unpaired) electrons. The first kappa shape index (κ1) is 16.6. The summed E-state index contributed by atoms with van der Waals surface area (Å²) >= 11 is 0. The molecule has 0 saturated carbocycles. The molecule has 0 unspecified atom stereocenters. The molecule has 1 aliphatic heterocycles. The van der Waals surface area contributed by atoms with Crippen LogP contribution in [0.2, 0.25) is 0 Å². The summed E-state index contributed by atoms with van der Waals surface area (Å²) in [6.07, 6.45) is 5.42. The summed E-state index contributed by atoms with van der Waals surface area (Å²) < 4.78 is 10.8. The van der Waals surface area contributed by atoms with Crippen molar-refractivity contribution in [1.82, 2.24) is 9.97 Å². The van der Waals surface area contributed by atoms with Crippen LogP contribution >= 0.6 is 0 Å². The Bertz CT molecular complexity index is 920. The van der Waals surface area contributed by atoms with Gasteiger partial charge in [-0.05, 0) is 54.7 Å². The Hall–Kier alpha value is -2.82. The van der Waals surface area contributed by atoms with Gasteiger partial charge in [0.2, 0.25) is 0 Å². The molecular weight excluding hydrogens is 326 g/mol. The minimum atomic E-state index is 0.727. The van der Waals surface area contributed by atoms with E-state index in [9.17, 15) is 0 Å². The zero-order chi connectivity index (χ0) is 17.9. The summed E-state index contributed by atoms with van der Waals surface area (Å²) in [6.45, 7) is 2.12. The molecular formula is C21H23N3O2. The third-order valence-corrected chi connectivity index (χ3v) is 4.99. The SMILES string of the molecule is COc1ccc(-c2ccc3ncnc(N4CCCCC4)c3c2)cc1OC. The highest BCUT2D eigenvalue weighted by Crippen LogP contribution is 2.34. The fourth-order valence-corrected chi connectivity index (χ4v) is 3.60. The zero-order valence-electron chi connectivity index (χ0n) is 15.2. The summed E-state index contributed by atoms with van der Waals surface area (Å²) in [7, 11) is 3.31. The molecule has 5 heteroatoms. The van der Waals surface area contributed by atoms with Crippen molar-refractivity contribution >= 4 is 16.7 Å². The number of rotatable bonds is 4. The van der Waals surface area contributed by atoms with Gasteiger partial charge in [0.1, 0.15) is 12.1 Å². The van der Waals surface area contributed by atoms with Crippen molar-refractivity contribution in [2.24, 2.45) is 0 Å². The van der Waals surface area contributed by atoms with Gasteiger partial charge >= 0.3 is 0 Å². The molecule has 1 aliphatic rings. The Labute approximate surface area is 153 Å². The normalized spacial score (nSPS) is 14.5. The number of anilines is 1. The van der Waals surface area contributed by atoms with Crippen LogP contribution in [0.5, 0.6) is 11.5 Å². The maximum Gasteiger partial charge on any atom is 0.161 e. The number of nitrogens with zero attached hydrogens (tertiary/aromatic N) is 3. The Kier molecular flexibility index (Phi) is 4.61. The van der Waals surface area contributed by atoms with Crippen LogP contribution in [0.15, 0.2) is 42.7 Å². The Morgan fingerprint density at radius 3 is 2.31 bits per heavy atom. The number of piperidine rings is 1. The first-order valence-corrected chi connectivity index (χ1v) is 9.02. The van der Waals surface area contributed by atoms with Crippen LogP contribution in [0.4, 0.5) is 5.82 Å². The lowest BCUT2D eigenvalue weighted by molar-refractivity contribution is 0.355. The van der Waals surface area contributed by atoms with Crippen LogP contribution in [0.25, 0.3) is 22.0 Å². The maximum atomic E-state index is 5.45. The zero-order valence-corrected chi connectivity index (χ0v) is 15.2. The number of hydrogen-bond acceptors (Lipinski definition) is 5. The van der Waals surface area contributed by atoms with Crippen LogP contribution in [0, 0.1) is 0 Å². The average Bonchev–Trinajstić information content (AvgIpc) is 2.73. The quantitative estimate of drug-likeness (QED) is 0.703. The van der Waals surface area contributed by atoms with Crippen molar-refractivity contribution in [2.45, 2.75) is 19.3 Å². The number of benzene rings is 2. The highest BCUT2D eigenvalue weighted by Gasteiger charge is 2.16. The predicted octanol–water partition coefficient (Wildman–Crippen LogP) is 4.30. The van der Waals surface area contributed by atoms with Gasteiger partial charge in [-0.1, -0.05) is 12.1 Å². The van der Waals surface area contributed by atoms with Gasteiger partial charge < -0.3 is 14.4 Å². The number of fused-ring (bicyclic) bond motifs is 1. The summed E-state index contributed by atoms with van der Waals surface area (Å²) in [6, 6.07) is 12.3. The van der Waals surface area contributed by atoms with Crippen LogP contribution < -0.4 is 14.4 Å². The third kappa shape index (κ3) is 3.05. The van der Waals surface area contributed by atoms with Gasteiger partial charge in [-0.25, -0.2) is 9.97 Å². The summed E-state index contributed by atoms with van der Waals surface area (Å²) in [5.74, 6) is 2.50. The second-order valence-corrected chi connectivity index (χ2v) is 6.55. The van der Waals surface area contributed by atoms with E-state index in [1.807, 2.05) is 18.2 Å². The molecule has 0 N–H and O–H groups in total. The lowest BCUT2D eigenvalue weighted by Gasteiger charge is -2.28. The molecule has 0 atom stereocenters. The first-order valence-electron chi connectivity index (χ1n) is 9.02. The number of ether oxygens (including phenoxy) is 2. The van der Waals surface area contributed by atoms with E-state index >= 15 is 0 Å². The van der Waals surface area contributed by atoms with Crippen molar-refractivity contribution in [1.29, 1.82) is 0 Å². The van der Waals surface area contributed by atoms with Crippen LogP contribution in [-0.4, -0.2) is 37.3 Å². The fraction of sp³-hybridized carbons (Fsp3) is 0.333. The molecule has 26 heavy (non-hydrogen) atoms. The van der Waals surface area contributed by atoms with E-state index in [-0.39, 0.29) is 0 Å². The van der Waals surface area contributed by atoms with Gasteiger partial charge in [0, 0.05) is 18.5 Å². The number of aromatic nitrogens is 2. The second-order valence-electron chi connectivity index (χ2n) is 6.55. The average molecular weight is 349 g/mol. The lowest BCUT2D eigenvalue weighted by atomic mass is 10.0. The van der Waals surface area contributed by atoms with Crippen LogP contribution in [-0.2, 0) is 0 Å². The first-order chi connectivity index (χ1) is 12.8. The Morgan fingerprint density at radius 2 is 1.54 bits per heavy atom. The molecule has 5 nitrogen and oxygen atoms in total. The summed E-state index contributed by atoms with van der Waals surface area (Å²) in [5.41, 5.74) is 3.18. The Morgan fingerprint density at radius 1 is 0.808 bits per heavy atom. The fourth-order valence-electron chi connectivity index (χ4n) is 3.60. The molecule has 134 valence electrons. The predicted molar refractivity (Wildman–Crippen MR) is 104 cm³/mol. The minimum absolute atomic E-state index is 0.727. The van der Waals surface area contributed by atoms with E-state index in [0.717, 1.165) is 52.4 Å². The highest BCUT2D eigenvalue weighted by atomic mass is 16.5. The maximum absolute atomic E-state index is 5.45. The van der Waals surface area contributed by atoms with Crippen molar-refractivity contribution in [3.05, 3.63) is 42.7 Å². The molecule has 1 aromatic heterocycles. The van der Waals surface area contributed by atoms with Gasteiger partial charge in [-0.3, -0.25) is 0 Å². The third-order valence-electron chi connectivity index (χ3n) is 4.99. The van der Waals surface area contributed by atoms with Crippen LogP contribution in [0.1, 0.15) is 19.3 Å². The van der Waals surface area contributed by atoms with Crippen molar-refractivity contribution in [3.8, 4) is 22.6 Å². The monoisotopic (exact) mass is 349 g/mol. The molecule has 0 amide bonds. The second kappa shape index (κ2) is 7.20. The van der Waals surface area contributed by atoms with Gasteiger partial charge in [0.05, 0.1) is 19.7 Å². The molecule has 1 saturated heterocycles. The van der Waals surface area contributed by atoms with E-state index in [1.165, 1.54) is 19.3 Å². The van der Waals surface area contributed by atoms with Crippen molar-refractivity contribution < 1.29 is 9.47 Å². The number of methoxy groups -OCH3 is 2. The minimum Gasteiger partial charge on any atom is -0.493 e. The smallest absolute Gasteiger partial charge is 0.161 e. The topological polar surface area (TPSA) is 47.5 Å².